The number of hydrogen-bond acceptors (Lipinski definition) is 5. The minimum atomic E-state index is -0.417. The zero-order valence-corrected chi connectivity index (χ0v) is 17.8. The molecule has 0 bridgehead atoms. The molecule has 0 aliphatic carbocycles. The summed E-state index contributed by atoms with van der Waals surface area (Å²) in [4.78, 5) is 30.1. The Bertz CT molecular complexity index is 1040. The maximum Gasteiger partial charge on any atom is 0.278 e. The molecule has 2 aromatic carbocycles. The van der Waals surface area contributed by atoms with E-state index in [1.54, 1.807) is 12.1 Å². The van der Waals surface area contributed by atoms with Crippen LogP contribution < -0.4 is 5.32 Å². The average Bonchev–Trinajstić information content (AvgIpc) is 2.97. The largest absolute Gasteiger partial charge is 0.379 e. The van der Waals surface area contributed by atoms with Gasteiger partial charge >= 0.3 is 0 Å². The van der Waals surface area contributed by atoms with E-state index in [4.69, 9.17) is 4.74 Å². The van der Waals surface area contributed by atoms with Crippen LogP contribution in [-0.4, -0.2) is 61.0 Å². The number of carbonyl (C=O) groups excluding carboxylic acids is 2. The molecule has 6 nitrogen and oxygen atoms in total. The van der Waals surface area contributed by atoms with Crippen LogP contribution >= 0.6 is 0 Å². The van der Waals surface area contributed by atoms with Crippen LogP contribution in [0.2, 0.25) is 0 Å². The Labute approximate surface area is 181 Å². The number of rotatable bonds is 6. The lowest BCUT2D eigenvalue weighted by Crippen LogP contribution is -2.43. The second kappa shape index (κ2) is 8.99. The number of imide groups is 1. The lowest BCUT2D eigenvalue weighted by Gasteiger charge is -2.28. The summed E-state index contributed by atoms with van der Waals surface area (Å²) in [6, 6.07) is 11.6. The quantitative estimate of drug-likeness (QED) is 0.724. The van der Waals surface area contributed by atoms with E-state index < -0.39 is 11.7 Å². The van der Waals surface area contributed by atoms with Gasteiger partial charge in [-0.2, -0.15) is 0 Å². The summed E-state index contributed by atoms with van der Waals surface area (Å²) >= 11 is 0. The van der Waals surface area contributed by atoms with Crippen molar-refractivity contribution >= 4 is 23.1 Å². The van der Waals surface area contributed by atoms with Crippen LogP contribution in [-0.2, 0) is 14.3 Å². The maximum absolute atomic E-state index is 13.7. The summed E-state index contributed by atoms with van der Waals surface area (Å²) in [6.45, 7) is 7.65. The smallest absolute Gasteiger partial charge is 0.278 e. The molecule has 2 aromatic rings. The monoisotopic (exact) mass is 423 g/mol. The van der Waals surface area contributed by atoms with Crippen molar-refractivity contribution in [3.8, 4) is 0 Å². The number of morpholine rings is 1. The Kier molecular flexibility index (Phi) is 6.15. The van der Waals surface area contributed by atoms with Gasteiger partial charge in [-0.1, -0.05) is 29.8 Å². The SMILES string of the molecule is Cc1ccc(C2=C(Nc3cccc(F)c3)C(=O)N(CCN3CCOCC3)C2=O)c(C)c1. The number of aryl methyl sites for hydroxylation is 2. The van der Waals surface area contributed by atoms with Crippen molar-refractivity contribution in [2.75, 3.05) is 44.7 Å². The molecule has 2 amide bonds. The number of nitrogens with one attached hydrogen (secondary N) is 1. The zero-order valence-electron chi connectivity index (χ0n) is 17.8. The fourth-order valence-corrected chi connectivity index (χ4v) is 4.02. The third-order valence-electron chi connectivity index (χ3n) is 5.66. The molecule has 1 fully saturated rings. The van der Waals surface area contributed by atoms with Crippen molar-refractivity contribution < 1.29 is 18.7 Å². The van der Waals surface area contributed by atoms with Gasteiger partial charge in [-0.15, -0.1) is 0 Å². The van der Waals surface area contributed by atoms with Gasteiger partial charge < -0.3 is 10.1 Å². The number of benzene rings is 2. The molecular formula is C24H26FN3O3. The molecular weight excluding hydrogens is 397 g/mol. The first-order valence-electron chi connectivity index (χ1n) is 10.4. The predicted octanol–water partition coefficient (Wildman–Crippen LogP) is 2.97. The molecule has 31 heavy (non-hydrogen) atoms. The van der Waals surface area contributed by atoms with Gasteiger partial charge in [0.2, 0.25) is 0 Å². The number of hydrogen-bond donors (Lipinski definition) is 1. The molecule has 1 N–H and O–H groups in total. The highest BCUT2D eigenvalue weighted by molar-refractivity contribution is 6.36. The van der Waals surface area contributed by atoms with Crippen molar-refractivity contribution in [3.63, 3.8) is 0 Å². The van der Waals surface area contributed by atoms with Crippen LogP contribution in [0, 0.1) is 19.7 Å². The first-order chi connectivity index (χ1) is 14.9. The first-order valence-corrected chi connectivity index (χ1v) is 10.4. The number of halogens is 1. The Morgan fingerprint density at radius 1 is 1.00 bits per heavy atom. The van der Waals surface area contributed by atoms with Crippen LogP contribution in [0.4, 0.5) is 10.1 Å². The van der Waals surface area contributed by atoms with E-state index in [0.29, 0.717) is 43.1 Å². The third-order valence-corrected chi connectivity index (χ3v) is 5.66. The lowest BCUT2D eigenvalue weighted by molar-refractivity contribution is -0.137. The van der Waals surface area contributed by atoms with E-state index in [-0.39, 0.29) is 11.6 Å². The summed E-state index contributed by atoms with van der Waals surface area (Å²) in [5.74, 6) is -1.14. The van der Waals surface area contributed by atoms with Gasteiger partial charge in [-0.3, -0.25) is 19.4 Å². The van der Waals surface area contributed by atoms with E-state index in [1.807, 2.05) is 32.0 Å². The van der Waals surface area contributed by atoms with Gasteiger partial charge in [0.15, 0.2) is 0 Å². The summed E-state index contributed by atoms with van der Waals surface area (Å²) in [5, 5.41) is 3.01. The van der Waals surface area contributed by atoms with Crippen LogP contribution in [0.5, 0.6) is 0 Å². The molecule has 162 valence electrons. The van der Waals surface area contributed by atoms with Gasteiger partial charge in [0.25, 0.3) is 11.8 Å². The summed E-state index contributed by atoms with van der Waals surface area (Å²) in [5.41, 5.74) is 3.62. The lowest BCUT2D eigenvalue weighted by atomic mass is 9.97. The highest BCUT2D eigenvalue weighted by Gasteiger charge is 2.39. The third kappa shape index (κ3) is 4.52. The normalized spacial score (nSPS) is 17.6. The van der Waals surface area contributed by atoms with E-state index in [2.05, 4.69) is 10.2 Å². The number of anilines is 1. The fourth-order valence-electron chi connectivity index (χ4n) is 4.02. The Morgan fingerprint density at radius 3 is 2.48 bits per heavy atom. The number of carbonyl (C=O) groups is 2. The molecule has 0 aromatic heterocycles. The second-order valence-electron chi connectivity index (χ2n) is 7.92. The van der Waals surface area contributed by atoms with Gasteiger partial charge in [0, 0.05) is 31.9 Å². The molecule has 0 spiro atoms. The Morgan fingerprint density at radius 2 is 1.77 bits per heavy atom. The molecule has 2 aliphatic heterocycles. The number of amides is 2. The van der Waals surface area contributed by atoms with E-state index >= 15 is 0 Å². The first kappa shape index (κ1) is 21.2. The topological polar surface area (TPSA) is 61.9 Å². The molecule has 0 radical (unpaired) electrons. The molecule has 7 heteroatoms. The summed E-state index contributed by atoms with van der Waals surface area (Å²) in [7, 11) is 0. The van der Waals surface area contributed by atoms with Gasteiger partial charge in [-0.05, 0) is 43.2 Å². The van der Waals surface area contributed by atoms with Gasteiger partial charge in [-0.25, -0.2) is 4.39 Å². The standard InChI is InChI=1S/C24H26FN3O3/c1-16-6-7-20(17(2)14-16)21-22(26-19-5-3-4-18(25)15-19)24(30)28(23(21)29)9-8-27-10-12-31-13-11-27/h3-7,14-15,26H,8-13H2,1-2H3. The average molecular weight is 423 g/mol. The molecule has 4 rings (SSSR count). The van der Waals surface area contributed by atoms with Crippen LogP contribution in [0.3, 0.4) is 0 Å². The van der Waals surface area contributed by atoms with Crippen molar-refractivity contribution in [2.24, 2.45) is 0 Å². The van der Waals surface area contributed by atoms with Crippen molar-refractivity contribution in [3.05, 3.63) is 70.7 Å². The Balaban J connectivity index is 1.66. The van der Waals surface area contributed by atoms with E-state index in [1.165, 1.54) is 17.0 Å². The second-order valence-corrected chi connectivity index (χ2v) is 7.92. The minimum Gasteiger partial charge on any atom is -0.379 e. The minimum absolute atomic E-state index is 0.185. The molecule has 0 unspecified atom stereocenters. The van der Waals surface area contributed by atoms with E-state index in [9.17, 15) is 14.0 Å². The van der Waals surface area contributed by atoms with Crippen LogP contribution in [0.25, 0.3) is 5.57 Å². The van der Waals surface area contributed by atoms with Crippen molar-refractivity contribution in [2.45, 2.75) is 13.8 Å². The molecule has 0 saturated carbocycles. The predicted molar refractivity (Wildman–Crippen MR) is 117 cm³/mol. The molecule has 2 heterocycles. The molecule has 0 atom stereocenters. The van der Waals surface area contributed by atoms with Gasteiger partial charge in [0.1, 0.15) is 11.5 Å². The van der Waals surface area contributed by atoms with Crippen LogP contribution in [0.1, 0.15) is 16.7 Å². The zero-order chi connectivity index (χ0) is 22.0. The maximum atomic E-state index is 13.7. The van der Waals surface area contributed by atoms with Crippen molar-refractivity contribution in [1.82, 2.24) is 9.80 Å². The fraction of sp³-hybridized carbons (Fsp3) is 0.333. The van der Waals surface area contributed by atoms with E-state index in [0.717, 1.165) is 24.2 Å². The summed E-state index contributed by atoms with van der Waals surface area (Å²) < 4.78 is 19.1. The van der Waals surface area contributed by atoms with Crippen molar-refractivity contribution in [1.29, 1.82) is 0 Å². The molecule has 2 aliphatic rings. The summed E-state index contributed by atoms with van der Waals surface area (Å²) in [6.07, 6.45) is 0. The number of ether oxygens (including phenoxy) is 1. The Hall–Kier alpha value is -3.03. The van der Waals surface area contributed by atoms with Crippen LogP contribution in [0.15, 0.2) is 48.2 Å². The molecule has 1 saturated heterocycles. The number of nitrogens with zero attached hydrogens (tertiary/aromatic N) is 2. The highest BCUT2D eigenvalue weighted by Crippen LogP contribution is 2.32. The highest BCUT2D eigenvalue weighted by atomic mass is 19.1. The van der Waals surface area contributed by atoms with Gasteiger partial charge in [0.05, 0.1) is 18.8 Å².